The maximum atomic E-state index is 13.9. The van der Waals surface area contributed by atoms with E-state index in [0.717, 1.165) is 0 Å². The predicted molar refractivity (Wildman–Crippen MR) is 60.4 cm³/mol. The van der Waals surface area contributed by atoms with Crippen LogP contribution in [0.15, 0.2) is 16.6 Å². The standard InChI is InChI=1S/C11H9BrFNO3/c12-7-2-1-6-9(8(7)13)16-4-3-11(6)5-17-10(15)14-11/h1-2H,3-5H2,(H,14,15)/t11-/m1/s1. The van der Waals surface area contributed by atoms with Crippen LogP contribution in [0, 0.1) is 5.82 Å². The maximum Gasteiger partial charge on any atom is 0.408 e. The van der Waals surface area contributed by atoms with Crippen LogP contribution >= 0.6 is 15.9 Å². The molecule has 6 heteroatoms. The summed E-state index contributed by atoms with van der Waals surface area (Å²) in [7, 11) is 0. The van der Waals surface area contributed by atoms with E-state index < -0.39 is 17.4 Å². The molecule has 2 aliphatic heterocycles. The number of hydrogen-bond donors (Lipinski definition) is 1. The van der Waals surface area contributed by atoms with E-state index in [4.69, 9.17) is 9.47 Å². The number of carbonyl (C=O) groups excluding carboxylic acids is 1. The number of hydrogen-bond acceptors (Lipinski definition) is 3. The van der Waals surface area contributed by atoms with Crippen molar-refractivity contribution in [2.45, 2.75) is 12.0 Å². The number of amides is 1. The number of fused-ring (bicyclic) bond motifs is 2. The summed E-state index contributed by atoms with van der Waals surface area (Å²) < 4.78 is 24.5. The Bertz CT molecular complexity index is 508. The Morgan fingerprint density at radius 1 is 1.41 bits per heavy atom. The van der Waals surface area contributed by atoms with Crippen LogP contribution in [0.4, 0.5) is 9.18 Å². The van der Waals surface area contributed by atoms with Crippen molar-refractivity contribution in [2.24, 2.45) is 0 Å². The molecule has 2 aliphatic rings. The highest BCUT2D eigenvalue weighted by molar-refractivity contribution is 9.10. The van der Waals surface area contributed by atoms with Gasteiger partial charge >= 0.3 is 6.09 Å². The second-order valence-corrected chi connectivity index (χ2v) is 4.97. The quantitative estimate of drug-likeness (QED) is 0.800. The van der Waals surface area contributed by atoms with Crippen molar-refractivity contribution in [2.75, 3.05) is 13.2 Å². The van der Waals surface area contributed by atoms with Crippen molar-refractivity contribution >= 4 is 22.0 Å². The van der Waals surface area contributed by atoms with Crippen LogP contribution in [0.2, 0.25) is 0 Å². The van der Waals surface area contributed by atoms with Gasteiger partial charge in [-0.25, -0.2) is 9.18 Å². The molecule has 1 aromatic carbocycles. The number of halogens is 2. The maximum absolute atomic E-state index is 13.9. The van der Waals surface area contributed by atoms with E-state index in [0.29, 0.717) is 23.1 Å². The first-order chi connectivity index (χ1) is 8.12. The molecule has 0 bridgehead atoms. The molecule has 1 fully saturated rings. The van der Waals surface area contributed by atoms with Crippen LogP contribution in [0.1, 0.15) is 12.0 Å². The molecule has 1 amide bonds. The monoisotopic (exact) mass is 301 g/mol. The average molecular weight is 302 g/mol. The van der Waals surface area contributed by atoms with Gasteiger partial charge in [-0.3, -0.25) is 0 Å². The Morgan fingerprint density at radius 2 is 2.24 bits per heavy atom. The topological polar surface area (TPSA) is 47.6 Å². The average Bonchev–Trinajstić information content (AvgIpc) is 2.67. The third-order valence-electron chi connectivity index (χ3n) is 3.13. The molecule has 90 valence electrons. The van der Waals surface area contributed by atoms with Gasteiger partial charge < -0.3 is 14.8 Å². The second kappa shape index (κ2) is 3.60. The zero-order valence-electron chi connectivity index (χ0n) is 8.76. The molecule has 4 nitrogen and oxygen atoms in total. The molecule has 1 atom stereocenters. The summed E-state index contributed by atoms with van der Waals surface area (Å²) in [6, 6.07) is 3.35. The molecule has 0 saturated carbocycles. The Balaban J connectivity index is 2.15. The van der Waals surface area contributed by atoms with Gasteiger partial charge in [0.25, 0.3) is 0 Å². The van der Waals surface area contributed by atoms with Crippen molar-refractivity contribution in [3.63, 3.8) is 0 Å². The molecule has 0 aliphatic carbocycles. The van der Waals surface area contributed by atoms with Crippen LogP contribution in [-0.4, -0.2) is 19.3 Å². The zero-order valence-corrected chi connectivity index (χ0v) is 10.3. The molecule has 0 aromatic heterocycles. The minimum absolute atomic E-state index is 0.191. The lowest BCUT2D eigenvalue weighted by Gasteiger charge is -2.33. The van der Waals surface area contributed by atoms with E-state index in [-0.39, 0.29) is 12.4 Å². The molecule has 2 heterocycles. The number of carbonyl (C=O) groups is 1. The normalized spacial score (nSPS) is 26.1. The third kappa shape index (κ3) is 1.50. The SMILES string of the molecule is O=C1N[C@]2(CCOc3c2ccc(Br)c3F)CO1. The van der Waals surface area contributed by atoms with Crippen LogP contribution in [-0.2, 0) is 10.3 Å². The van der Waals surface area contributed by atoms with Crippen LogP contribution in [0.5, 0.6) is 5.75 Å². The van der Waals surface area contributed by atoms with Gasteiger partial charge in [0.2, 0.25) is 0 Å². The molecule has 1 spiro atoms. The Labute approximate surface area is 105 Å². The number of ether oxygens (including phenoxy) is 2. The van der Waals surface area contributed by atoms with Gasteiger partial charge in [0.05, 0.1) is 11.1 Å². The highest BCUT2D eigenvalue weighted by Crippen LogP contribution is 2.42. The van der Waals surface area contributed by atoms with E-state index in [1.54, 1.807) is 12.1 Å². The summed E-state index contributed by atoms with van der Waals surface area (Å²) in [6.07, 6.45) is 0.105. The lowest BCUT2D eigenvalue weighted by molar-refractivity contribution is 0.154. The summed E-state index contributed by atoms with van der Waals surface area (Å²) in [5, 5.41) is 2.75. The van der Waals surface area contributed by atoms with Gasteiger partial charge in [-0.2, -0.15) is 0 Å². The predicted octanol–water partition coefficient (Wildman–Crippen LogP) is 2.31. The highest BCUT2D eigenvalue weighted by atomic mass is 79.9. The first-order valence-corrected chi connectivity index (χ1v) is 5.98. The van der Waals surface area contributed by atoms with Gasteiger partial charge in [-0.05, 0) is 22.0 Å². The van der Waals surface area contributed by atoms with Crippen LogP contribution in [0.3, 0.4) is 0 Å². The van der Waals surface area contributed by atoms with Crippen molar-refractivity contribution in [1.82, 2.24) is 5.32 Å². The van der Waals surface area contributed by atoms with Gasteiger partial charge in [-0.1, -0.05) is 6.07 Å². The molecular formula is C11H9BrFNO3. The molecule has 1 N–H and O–H groups in total. The fourth-order valence-electron chi connectivity index (χ4n) is 2.25. The minimum Gasteiger partial charge on any atom is -0.490 e. The number of nitrogens with one attached hydrogen (secondary N) is 1. The fraction of sp³-hybridized carbons (Fsp3) is 0.364. The van der Waals surface area contributed by atoms with Gasteiger partial charge in [0.1, 0.15) is 12.1 Å². The number of alkyl carbamates (subject to hydrolysis) is 1. The molecule has 3 rings (SSSR count). The van der Waals surface area contributed by atoms with E-state index in [9.17, 15) is 9.18 Å². The molecular weight excluding hydrogens is 293 g/mol. The Kier molecular flexibility index (Phi) is 2.29. The Hall–Kier alpha value is -1.30. The number of cyclic esters (lactones) is 1. The van der Waals surface area contributed by atoms with E-state index in [2.05, 4.69) is 21.2 Å². The molecule has 0 unspecified atom stereocenters. The largest absolute Gasteiger partial charge is 0.490 e. The van der Waals surface area contributed by atoms with Gasteiger partial charge in [0, 0.05) is 12.0 Å². The summed E-state index contributed by atoms with van der Waals surface area (Å²) in [5.74, 6) is -0.251. The summed E-state index contributed by atoms with van der Waals surface area (Å²) in [5.41, 5.74) is -0.0121. The molecule has 17 heavy (non-hydrogen) atoms. The minimum atomic E-state index is -0.647. The summed E-state index contributed by atoms with van der Waals surface area (Å²) in [6.45, 7) is 0.563. The van der Waals surface area contributed by atoms with Crippen LogP contribution < -0.4 is 10.1 Å². The lowest BCUT2D eigenvalue weighted by Crippen LogP contribution is -2.44. The summed E-state index contributed by atoms with van der Waals surface area (Å²) in [4.78, 5) is 11.2. The van der Waals surface area contributed by atoms with Gasteiger partial charge in [-0.15, -0.1) is 0 Å². The first-order valence-electron chi connectivity index (χ1n) is 5.19. The highest BCUT2D eigenvalue weighted by Gasteiger charge is 2.46. The second-order valence-electron chi connectivity index (χ2n) is 4.12. The smallest absolute Gasteiger partial charge is 0.408 e. The van der Waals surface area contributed by atoms with Crippen molar-refractivity contribution in [1.29, 1.82) is 0 Å². The van der Waals surface area contributed by atoms with Crippen molar-refractivity contribution < 1.29 is 18.7 Å². The zero-order chi connectivity index (χ0) is 12.0. The fourth-order valence-corrected chi connectivity index (χ4v) is 2.56. The summed E-state index contributed by atoms with van der Waals surface area (Å²) >= 11 is 3.11. The lowest BCUT2D eigenvalue weighted by atomic mass is 9.86. The third-order valence-corrected chi connectivity index (χ3v) is 3.74. The van der Waals surface area contributed by atoms with Crippen LogP contribution in [0.25, 0.3) is 0 Å². The number of benzene rings is 1. The van der Waals surface area contributed by atoms with E-state index in [1.807, 2.05) is 0 Å². The molecule has 1 aromatic rings. The first kappa shape index (κ1) is 10.8. The van der Waals surface area contributed by atoms with E-state index in [1.165, 1.54) is 0 Å². The van der Waals surface area contributed by atoms with Gasteiger partial charge in [0.15, 0.2) is 11.6 Å². The molecule has 0 radical (unpaired) electrons. The van der Waals surface area contributed by atoms with Crippen molar-refractivity contribution in [3.8, 4) is 5.75 Å². The van der Waals surface area contributed by atoms with E-state index >= 15 is 0 Å². The Morgan fingerprint density at radius 3 is 2.94 bits per heavy atom. The number of rotatable bonds is 0. The van der Waals surface area contributed by atoms with Crippen molar-refractivity contribution in [3.05, 3.63) is 28.0 Å². The molecule has 1 saturated heterocycles.